The quantitative estimate of drug-likeness (QED) is 0.566. The molecule has 0 radical (unpaired) electrons. The maximum Gasteiger partial charge on any atom is 0.169 e. The van der Waals surface area contributed by atoms with Crippen molar-refractivity contribution in [2.75, 3.05) is 6.61 Å². The molecule has 0 aromatic heterocycles. The highest BCUT2D eigenvalue weighted by Crippen LogP contribution is 2.23. The minimum Gasteiger partial charge on any atom is -0.493 e. The van der Waals surface area contributed by atoms with Crippen molar-refractivity contribution in [2.45, 2.75) is 20.8 Å². The van der Waals surface area contributed by atoms with E-state index in [1.165, 1.54) is 0 Å². The number of rotatable bonds is 5. The maximum atomic E-state index is 11.9. The van der Waals surface area contributed by atoms with Gasteiger partial charge in [-0.2, -0.15) is 0 Å². The van der Waals surface area contributed by atoms with E-state index in [-0.39, 0.29) is 11.7 Å². The average molecular weight is 220 g/mol. The fourth-order valence-corrected chi connectivity index (χ4v) is 1.40. The lowest BCUT2D eigenvalue weighted by molar-refractivity contribution is 0.0935. The van der Waals surface area contributed by atoms with E-state index < -0.39 is 0 Å². The van der Waals surface area contributed by atoms with Gasteiger partial charge in [-0.15, -0.1) is 0 Å². The topological polar surface area (TPSA) is 43.4 Å². The lowest BCUT2D eigenvalue weighted by Crippen LogP contribution is -2.10. The summed E-state index contributed by atoms with van der Waals surface area (Å²) in [6.07, 6.45) is 0.742. The van der Waals surface area contributed by atoms with Crippen molar-refractivity contribution >= 4 is 12.1 Å². The van der Waals surface area contributed by atoms with Gasteiger partial charge in [-0.1, -0.05) is 19.9 Å². The Morgan fingerprint density at radius 1 is 1.44 bits per heavy atom. The minimum absolute atomic E-state index is 0.0286. The Hall–Kier alpha value is -1.64. The van der Waals surface area contributed by atoms with E-state index in [4.69, 9.17) is 4.74 Å². The summed E-state index contributed by atoms with van der Waals surface area (Å²) >= 11 is 0. The molecule has 0 spiro atoms. The summed E-state index contributed by atoms with van der Waals surface area (Å²) in [5.74, 6) is 0.438. The second kappa shape index (κ2) is 5.45. The Labute approximate surface area is 95.4 Å². The monoisotopic (exact) mass is 220 g/mol. The molecule has 0 aliphatic carbocycles. The van der Waals surface area contributed by atoms with Gasteiger partial charge in [-0.25, -0.2) is 0 Å². The Balaban J connectivity index is 3.16. The van der Waals surface area contributed by atoms with Gasteiger partial charge in [0, 0.05) is 11.5 Å². The van der Waals surface area contributed by atoms with Gasteiger partial charge in [0.1, 0.15) is 12.0 Å². The van der Waals surface area contributed by atoms with Crippen molar-refractivity contribution in [3.8, 4) is 5.75 Å². The van der Waals surface area contributed by atoms with Gasteiger partial charge >= 0.3 is 0 Å². The number of hydrogen-bond acceptors (Lipinski definition) is 3. The molecule has 86 valence electrons. The third kappa shape index (κ3) is 2.69. The second-order valence-electron chi connectivity index (χ2n) is 3.83. The molecule has 0 N–H and O–H groups in total. The highest BCUT2D eigenvalue weighted by Gasteiger charge is 2.16. The van der Waals surface area contributed by atoms with Crippen LogP contribution >= 0.6 is 0 Å². The van der Waals surface area contributed by atoms with Gasteiger partial charge in [0.15, 0.2) is 5.78 Å². The molecule has 3 heteroatoms. The Kier molecular flexibility index (Phi) is 4.23. The molecular formula is C13H16O3. The molecular weight excluding hydrogens is 204 g/mol. The number of hydrogen-bond donors (Lipinski definition) is 0. The van der Waals surface area contributed by atoms with E-state index in [2.05, 4.69) is 0 Å². The zero-order valence-electron chi connectivity index (χ0n) is 9.82. The first-order chi connectivity index (χ1) is 7.60. The molecule has 0 bridgehead atoms. The molecule has 0 unspecified atom stereocenters. The van der Waals surface area contributed by atoms with Crippen LogP contribution in [0.2, 0.25) is 0 Å². The van der Waals surface area contributed by atoms with E-state index in [1.807, 2.05) is 20.8 Å². The van der Waals surface area contributed by atoms with Crippen LogP contribution in [0, 0.1) is 5.92 Å². The van der Waals surface area contributed by atoms with Crippen molar-refractivity contribution in [3.63, 3.8) is 0 Å². The molecule has 0 aliphatic rings. The summed E-state index contributed by atoms with van der Waals surface area (Å²) < 4.78 is 5.37. The molecule has 0 fully saturated rings. The Morgan fingerprint density at radius 2 is 2.12 bits per heavy atom. The van der Waals surface area contributed by atoms with Crippen molar-refractivity contribution < 1.29 is 14.3 Å². The molecule has 1 rings (SSSR count). The SMILES string of the molecule is CCOc1cc(C=O)ccc1C(=O)C(C)C. The van der Waals surface area contributed by atoms with Crippen LogP contribution in [-0.4, -0.2) is 18.7 Å². The summed E-state index contributed by atoms with van der Waals surface area (Å²) in [4.78, 5) is 22.5. The second-order valence-corrected chi connectivity index (χ2v) is 3.83. The molecule has 3 nitrogen and oxygen atoms in total. The number of carbonyl (C=O) groups excluding carboxylic acids is 2. The smallest absolute Gasteiger partial charge is 0.169 e. The third-order valence-corrected chi connectivity index (χ3v) is 2.23. The molecule has 0 aliphatic heterocycles. The van der Waals surface area contributed by atoms with E-state index in [9.17, 15) is 9.59 Å². The fourth-order valence-electron chi connectivity index (χ4n) is 1.40. The predicted molar refractivity (Wildman–Crippen MR) is 62.2 cm³/mol. The van der Waals surface area contributed by atoms with Crippen LogP contribution < -0.4 is 4.74 Å². The van der Waals surface area contributed by atoms with Gasteiger partial charge in [-0.05, 0) is 19.1 Å². The van der Waals surface area contributed by atoms with Crippen molar-refractivity contribution in [1.82, 2.24) is 0 Å². The summed E-state index contributed by atoms with van der Waals surface area (Å²) in [6, 6.07) is 4.88. The largest absolute Gasteiger partial charge is 0.493 e. The van der Waals surface area contributed by atoms with Crippen LogP contribution in [0.5, 0.6) is 5.75 Å². The van der Waals surface area contributed by atoms with E-state index in [0.29, 0.717) is 23.5 Å². The molecule has 0 saturated heterocycles. The highest BCUT2D eigenvalue weighted by atomic mass is 16.5. The first-order valence-corrected chi connectivity index (χ1v) is 5.36. The number of ether oxygens (including phenoxy) is 1. The highest BCUT2D eigenvalue weighted by molar-refractivity contribution is 6.00. The van der Waals surface area contributed by atoms with E-state index >= 15 is 0 Å². The summed E-state index contributed by atoms with van der Waals surface area (Å²) in [5.41, 5.74) is 1.06. The number of Topliss-reactive ketones (excluding diaryl/α,β-unsaturated/α-hetero) is 1. The van der Waals surface area contributed by atoms with Crippen LogP contribution in [0.15, 0.2) is 18.2 Å². The van der Waals surface area contributed by atoms with E-state index in [0.717, 1.165) is 6.29 Å². The first-order valence-electron chi connectivity index (χ1n) is 5.36. The van der Waals surface area contributed by atoms with Gasteiger partial charge in [0.25, 0.3) is 0 Å². The predicted octanol–water partition coefficient (Wildman–Crippen LogP) is 2.74. The number of ketones is 1. The zero-order chi connectivity index (χ0) is 12.1. The molecule has 1 aromatic rings. The fraction of sp³-hybridized carbons (Fsp3) is 0.385. The van der Waals surface area contributed by atoms with Crippen LogP contribution in [0.25, 0.3) is 0 Å². The first kappa shape index (κ1) is 12.4. The van der Waals surface area contributed by atoms with Gasteiger partial charge in [-0.3, -0.25) is 9.59 Å². The van der Waals surface area contributed by atoms with E-state index in [1.54, 1.807) is 18.2 Å². The minimum atomic E-state index is -0.0821. The number of carbonyl (C=O) groups is 2. The summed E-state index contributed by atoms with van der Waals surface area (Å²) in [6.45, 7) is 6.00. The zero-order valence-corrected chi connectivity index (χ0v) is 9.82. The van der Waals surface area contributed by atoms with Crippen LogP contribution in [0.1, 0.15) is 41.5 Å². The summed E-state index contributed by atoms with van der Waals surface area (Å²) in [7, 11) is 0. The number of benzene rings is 1. The Bertz CT molecular complexity index is 394. The van der Waals surface area contributed by atoms with Crippen molar-refractivity contribution in [3.05, 3.63) is 29.3 Å². The van der Waals surface area contributed by atoms with Crippen LogP contribution in [-0.2, 0) is 0 Å². The Morgan fingerprint density at radius 3 is 2.62 bits per heavy atom. The summed E-state index contributed by atoms with van der Waals surface area (Å²) in [5, 5.41) is 0. The molecule has 0 heterocycles. The van der Waals surface area contributed by atoms with Crippen molar-refractivity contribution in [2.24, 2.45) is 5.92 Å². The third-order valence-electron chi connectivity index (χ3n) is 2.23. The van der Waals surface area contributed by atoms with Crippen LogP contribution in [0.4, 0.5) is 0 Å². The molecule has 0 atom stereocenters. The lowest BCUT2D eigenvalue weighted by Gasteiger charge is -2.11. The molecule has 16 heavy (non-hydrogen) atoms. The van der Waals surface area contributed by atoms with Gasteiger partial charge in [0.05, 0.1) is 12.2 Å². The maximum absolute atomic E-state index is 11.9. The number of aldehydes is 1. The standard InChI is InChI=1S/C13H16O3/c1-4-16-12-7-10(8-14)5-6-11(12)13(15)9(2)3/h5-9H,4H2,1-3H3. The molecule has 0 amide bonds. The normalized spacial score (nSPS) is 10.2. The average Bonchev–Trinajstić information content (AvgIpc) is 2.28. The van der Waals surface area contributed by atoms with Gasteiger partial charge < -0.3 is 4.74 Å². The van der Waals surface area contributed by atoms with Crippen LogP contribution in [0.3, 0.4) is 0 Å². The molecule has 1 aromatic carbocycles. The van der Waals surface area contributed by atoms with Crippen molar-refractivity contribution in [1.29, 1.82) is 0 Å². The molecule has 0 saturated carbocycles. The van der Waals surface area contributed by atoms with Gasteiger partial charge in [0.2, 0.25) is 0 Å². The lowest BCUT2D eigenvalue weighted by atomic mass is 9.99.